The van der Waals surface area contributed by atoms with Gasteiger partial charge in [0.25, 0.3) is 0 Å². The molecule has 1 aromatic rings. The van der Waals surface area contributed by atoms with Crippen LogP contribution in [0.5, 0.6) is 0 Å². The van der Waals surface area contributed by atoms with E-state index < -0.39 is 0 Å². The number of carbonyl (C=O) groups is 2. The molecule has 2 aliphatic heterocycles. The Balaban J connectivity index is 1.53. The highest BCUT2D eigenvalue weighted by Crippen LogP contribution is 2.32. The molecule has 9 heteroatoms. The Labute approximate surface area is 180 Å². The quantitative estimate of drug-likeness (QED) is 0.716. The molecule has 1 unspecified atom stereocenters. The number of hydrogen-bond donors (Lipinski definition) is 1. The van der Waals surface area contributed by atoms with Crippen molar-refractivity contribution in [2.45, 2.75) is 25.8 Å². The van der Waals surface area contributed by atoms with Gasteiger partial charge >= 0.3 is 0 Å². The Hall–Kier alpha value is -1.05. The van der Waals surface area contributed by atoms with E-state index in [2.05, 4.69) is 10.2 Å². The molecule has 28 heavy (non-hydrogen) atoms. The van der Waals surface area contributed by atoms with E-state index in [0.29, 0.717) is 60.1 Å². The van der Waals surface area contributed by atoms with Crippen LogP contribution in [-0.4, -0.2) is 67.0 Å². The van der Waals surface area contributed by atoms with Crippen LogP contribution in [0.3, 0.4) is 0 Å². The molecule has 0 radical (unpaired) electrons. The first kappa shape index (κ1) is 21.7. The van der Waals surface area contributed by atoms with Crippen molar-refractivity contribution in [2.75, 3.05) is 44.7 Å². The van der Waals surface area contributed by atoms with E-state index in [1.54, 1.807) is 6.07 Å². The molecule has 2 aliphatic rings. The van der Waals surface area contributed by atoms with Crippen LogP contribution in [-0.2, 0) is 14.3 Å². The number of amides is 2. The van der Waals surface area contributed by atoms with Gasteiger partial charge in [0.15, 0.2) is 0 Å². The minimum atomic E-state index is -0.343. The number of nitrogens with one attached hydrogen (secondary N) is 1. The van der Waals surface area contributed by atoms with Crippen LogP contribution in [0.1, 0.15) is 19.8 Å². The highest BCUT2D eigenvalue weighted by atomic mass is 35.5. The van der Waals surface area contributed by atoms with Crippen molar-refractivity contribution in [2.24, 2.45) is 5.92 Å². The minimum absolute atomic E-state index is 0.0223. The zero-order chi connectivity index (χ0) is 20.3. The van der Waals surface area contributed by atoms with Gasteiger partial charge in [-0.15, -0.1) is 0 Å². The summed E-state index contributed by atoms with van der Waals surface area (Å²) in [5.41, 5.74) is 0.435. The maximum absolute atomic E-state index is 12.6. The molecule has 154 valence electrons. The minimum Gasteiger partial charge on any atom is -0.378 e. The third-order valence-electron chi connectivity index (χ3n) is 5.40. The van der Waals surface area contributed by atoms with Gasteiger partial charge in [0.1, 0.15) is 0 Å². The third kappa shape index (κ3) is 5.10. The summed E-state index contributed by atoms with van der Waals surface area (Å²) in [6.45, 7) is 5.81. The molecule has 1 atom stereocenters. The van der Waals surface area contributed by atoms with E-state index in [4.69, 9.17) is 39.5 Å². The van der Waals surface area contributed by atoms with Gasteiger partial charge in [-0.25, -0.2) is 0 Å². The number of benzene rings is 1. The van der Waals surface area contributed by atoms with Crippen molar-refractivity contribution >= 4 is 52.3 Å². The summed E-state index contributed by atoms with van der Waals surface area (Å²) in [4.78, 5) is 29.3. The second kappa shape index (κ2) is 9.63. The fraction of sp³-hybridized carbons (Fsp3) is 0.579. The smallest absolute Gasteiger partial charge is 0.241 e. The first-order valence-electron chi connectivity index (χ1n) is 9.43. The molecule has 2 heterocycles. The number of piperidine rings is 1. The normalized spacial score (nSPS) is 20.1. The monoisotopic (exact) mass is 447 g/mol. The number of nitrogens with zero attached hydrogens (tertiary/aromatic N) is 2. The third-order valence-corrected chi connectivity index (χ3v) is 6.43. The fourth-order valence-electron chi connectivity index (χ4n) is 3.60. The molecule has 0 saturated carbocycles. The SMILES string of the molecule is CC(C(=O)Nc1cc(Cl)c(Cl)cc1Cl)N1CCC(C(=O)N2CCOCC2)CC1. The van der Waals surface area contributed by atoms with Crippen LogP contribution in [0, 0.1) is 5.92 Å². The molecule has 0 aliphatic carbocycles. The Bertz CT molecular complexity index is 733. The Morgan fingerprint density at radius 3 is 2.29 bits per heavy atom. The van der Waals surface area contributed by atoms with Crippen molar-refractivity contribution in [3.63, 3.8) is 0 Å². The molecule has 0 bridgehead atoms. The van der Waals surface area contributed by atoms with Crippen LogP contribution in [0.4, 0.5) is 5.69 Å². The average molecular weight is 449 g/mol. The first-order chi connectivity index (χ1) is 13.4. The van der Waals surface area contributed by atoms with E-state index >= 15 is 0 Å². The van der Waals surface area contributed by atoms with Crippen LogP contribution >= 0.6 is 34.8 Å². The van der Waals surface area contributed by atoms with Crippen molar-refractivity contribution in [3.05, 3.63) is 27.2 Å². The van der Waals surface area contributed by atoms with Crippen LogP contribution in [0.15, 0.2) is 12.1 Å². The highest BCUT2D eigenvalue weighted by molar-refractivity contribution is 6.44. The summed E-state index contributed by atoms with van der Waals surface area (Å²) in [5.74, 6) is 0.0648. The van der Waals surface area contributed by atoms with E-state index in [-0.39, 0.29) is 23.8 Å². The predicted octanol–water partition coefficient (Wildman–Crippen LogP) is 3.54. The van der Waals surface area contributed by atoms with Crippen LogP contribution in [0.2, 0.25) is 15.1 Å². The van der Waals surface area contributed by atoms with E-state index in [1.807, 2.05) is 11.8 Å². The number of hydrogen-bond acceptors (Lipinski definition) is 4. The number of halogens is 3. The molecule has 6 nitrogen and oxygen atoms in total. The van der Waals surface area contributed by atoms with Crippen LogP contribution < -0.4 is 5.32 Å². The summed E-state index contributed by atoms with van der Waals surface area (Å²) in [7, 11) is 0. The summed E-state index contributed by atoms with van der Waals surface area (Å²) in [5, 5.41) is 3.82. The highest BCUT2D eigenvalue weighted by Gasteiger charge is 2.32. The average Bonchev–Trinajstić information content (AvgIpc) is 2.71. The number of carbonyl (C=O) groups excluding carboxylic acids is 2. The van der Waals surface area contributed by atoms with Crippen molar-refractivity contribution in [3.8, 4) is 0 Å². The summed E-state index contributed by atoms with van der Waals surface area (Å²) in [6.07, 6.45) is 1.50. The lowest BCUT2D eigenvalue weighted by molar-refractivity contribution is -0.141. The van der Waals surface area contributed by atoms with Crippen molar-refractivity contribution < 1.29 is 14.3 Å². The van der Waals surface area contributed by atoms with Crippen molar-refractivity contribution in [1.82, 2.24) is 9.80 Å². The maximum atomic E-state index is 12.6. The Morgan fingerprint density at radius 2 is 1.64 bits per heavy atom. The zero-order valence-electron chi connectivity index (χ0n) is 15.7. The number of anilines is 1. The maximum Gasteiger partial charge on any atom is 0.241 e. The lowest BCUT2D eigenvalue weighted by atomic mass is 9.94. The van der Waals surface area contributed by atoms with E-state index in [1.165, 1.54) is 6.07 Å². The van der Waals surface area contributed by atoms with Gasteiger partial charge in [-0.1, -0.05) is 34.8 Å². The molecule has 1 N–H and O–H groups in total. The summed E-state index contributed by atoms with van der Waals surface area (Å²) in [6, 6.07) is 2.71. The number of rotatable bonds is 4. The summed E-state index contributed by atoms with van der Waals surface area (Å²) < 4.78 is 5.31. The molecule has 2 saturated heterocycles. The molecular weight excluding hydrogens is 425 g/mol. The Kier molecular flexibility index (Phi) is 7.45. The standard InChI is InChI=1S/C19H24Cl3N3O3/c1-12(18(26)23-17-11-15(21)14(20)10-16(17)22)24-4-2-13(3-5-24)19(27)25-6-8-28-9-7-25/h10-13H,2-9H2,1H3,(H,23,26). The second-order valence-electron chi connectivity index (χ2n) is 7.16. The topological polar surface area (TPSA) is 61.9 Å². The molecule has 1 aromatic carbocycles. The number of morpholine rings is 1. The van der Waals surface area contributed by atoms with Crippen LogP contribution in [0.25, 0.3) is 0 Å². The molecule has 2 amide bonds. The van der Waals surface area contributed by atoms with Gasteiger partial charge in [0, 0.05) is 19.0 Å². The van der Waals surface area contributed by atoms with Gasteiger partial charge in [0.2, 0.25) is 11.8 Å². The Morgan fingerprint density at radius 1 is 1.04 bits per heavy atom. The van der Waals surface area contributed by atoms with Gasteiger partial charge in [-0.05, 0) is 45.0 Å². The summed E-state index contributed by atoms with van der Waals surface area (Å²) >= 11 is 18.1. The lowest BCUT2D eigenvalue weighted by Crippen LogP contribution is -2.50. The molecule has 0 aromatic heterocycles. The second-order valence-corrected chi connectivity index (χ2v) is 8.38. The van der Waals surface area contributed by atoms with Gasteiger partial charge in [-0.2, -0.15) is 0 Å². The first-order valence-corrected chi connectivity index (χ1v) is 10.6. The lowest BCUT2D eigenvalue weighted by Gasteiger charge is -2.37. The fourth-order valence-corrected chi connectivity index (χ4v) is 4.19. The zero-order valence-corrected chi connectivity index (χ0v) is 18.0. The van der Waals surface area contributed by atoms with E-state index in [0.717, 1.165) is 12.8 Å². The largest absolute Gasteiger partial charge is 0.378 e. The van der Waals surface area contributed by atoms with Gasteiger partial charge < -0.3 is 15.0 Å². The van der Waals surface area contributed by atoms with Gasteiger partial charge in [0.05, 0.1) is 40.0 Å². The number of ether oxygens (including phenoxy) is 1. The predicted molar refractivity (Wildman–Crippen MR) is 111 cm³/mol. The molecular formula is C19H24Cl3N3O3. The van der Waals surface area contributed by atoms with Crippen molar-refractivity contribution in [1.29, 1.82) is 0 Å². The number of likely N-dealkylation sites (tertiary alicyclic amines) is 1. The molecule has 3 rings (SSSR count). The molecule has 2 fully saturated rings. The van der Waals surface area contributed by atoms with E-state index in [9.17, 15) is 9.59 Å². The molecule has 0 spiro atoms. The van der Waals surface area contributed by atoms with Gasteiger partial charge in [-0.3, -0.25) is 14.5 Å².